The number of nitrogens with one attached hydrogen (secondary N) is 1. The van der Waals surface area contributed by atoms with E-state index in [1.807, 2.05) is 13.8 Å². The Morgan fingerprint density at radius 2 is 2.20 bits per heavy atom. The van der Waals surface area contributed by atoms with Gasteiger partial charge in [-0.25, -0.2) is 9.97 Å². The van der Waals surface area contributed by atoms with Crippen molar-refractivity contribution in [1.29, 1.82) is 0 Å². The molecular weight excluding hydrogens is 216 g/mol. The van der Waals surface area contributed by atoms with E-state index >= 15 is 0 Å². The van der Waals surface area contributed by atoms with Crippen LogP contribution in [0.25, 0.3) is 0 Å². The molecule has 2 atom stereocenters. The Balaban J connectivity index is 2.76. The van der Waals surface area contributed by atoms with Crippen LogP contribution in [-0.4, -0.2) is 27.7 Å². The summed E-state index contributed by atoms with van der Waals surface area (Å²) in [5.41, 5.74) is 6.02. The number of nitrogens with two attached hydrogens (primary N) is 1. The number of nitrogens with zero attached hydrogens (tertiary/aromatic N) is 2. The molecule has 0 aliphatic heterocycles. The third-order valence-electron chi connectivity index (χ3n) is 2.34. The van der Waals surface area contributed by atoms with Gasteiger partial charge in [0.2, 0.25) is 0 Å². The molecule has 1 rings (SSSR count). The van der Waals surface area contributed by atoms with E-state index in [4.69, 9.17) is 22.4 Å². The van der Waals surface area contributed by atoms with Gasteiger partial charge < -0.3 is 16.2 Å². The van der Waals surface area contributed by atoms with Gasteiger partial charge >= 0.3 is 0 Å². The maximum Gasteiger partial charge on any atom is 0.157 e. The first-order chi connectivity index (χ1) is 7.06. The minimum atomic E-state index is 0.0586. The number of anilines is 2. The van der Waals surface area contributed by atoms with Gasteiger partial charge in [-0.2, -0.15) is 0 Å². The summed E-state index contributed by atoms with van der Waals surface area (Å²) >= 11 is 5.75. The van der Waals surface area contributed by atoms with Crippen molar-refractivity contribution < 1.29 is 5.11 Å². The molecule has 2 unspecified atom stereocenters. The van der Waals surface area contributed by atoms with Gasteiger partial charge in [0, 0.05) is 12.6 Å². The summed E-state index contributed by atoms with van der Waals surface area (Å²) in [6, 6.07) is 0.0586. The molecule has 0 fully saturated rings. The summed E-state index contributed by atoms with van der Waals surface area (Å²) in [5, 5.41) is 12.3. The van der Waals surface area contributed by atoms with Crippen LogP contribution in [0.1, 0.15) is 13.8 Å². The van der Waals surface area contributed by atoms with Crippen LogP contribution in [0, 0.1) is 5.92 Å². The second kappa shape index (κ2) is 5.14. The average molecular weight is 231 g/mol. The molecule has 0 saturated heterocycles. The van der Waals surface area contributed by atoms with Crippen molar-refractivity contribution in [2.45, 2.75) is 19.9 Å². The molecule has 6 heteroatoms. The first-order valence-corrected chi connectivity index (χ1v) is 5.07. The molecule has 0 aromatic carbocycles. The molecule has 0 saturated carbocycles. The van der Waals surface area contributed by atoms with E-state index < -0.39 is 0 Å². The fourth-order valence-electron chi connectivity index (χ4n) is 1.01. The van der Waals surface area contributed by atoms with E-state index in [1.165, 1.54) is 6.33 Å². The first kappa shape index (κ1) is 12.0. The standard InChI is InChI=1S/C9H15ClN4O/c1-5(3-15)6(2)14-9-7(11)8(10)12-4-13-9/h4-6,15H,3,11H2,1-2H3,(H,12,13,14). The summed E-state index contributed by atoms with van der Waals surface area (Å²) in [7, 11) is 0. The van der Waals surface area contributed by atoms with E-state index in [0.717, 1.165) is 0 Å². The van der Waals surface area contributed by atoms with Crippen LogP contribution >= 0.6 is 11.6 Å². The predicted molar refractivity (Wildman–Crippen MR) is 60.8 cm³/mol. The van der Waals surface area contributed by atoms with Crippen LogP contribution in [0.3, 0.4) is 0 Å². The van der Waals surface area contributed by atoms with E-state index in [1.54, 1.807) is 0 Å². The first-order valence-electron chi connectivity index (χ1n) is 4.69. The van der Waals surface area contributed by atoms with E-state index in [2.05, 4.69) is 15.3 Å². The molecular formula is C9H15ClN4O. The van der Waals surface area contributed by atoms with Crippen LogP contribution < -0.4 is 11.1 Å². The van der Waals surface area contributed by atoms with Crippen molar-refractivity contribution in [3.63, 3.8) is 0 Å². The topological polar surface area (TPSA) is 84.1 Å². The van der Waals surface area contributed by atoms with Crippen molar-refractivity contribution in [3.8, 4) is 0 Å². The van der Waals surface area contributed by atoms with E-state index in [0.29, 0.717) is 11.5 Å². The molecule has 84 valence electrons. The molecule has 1 aromatic rings. The Hall–Kier alpha value is -1.07. The minimum absolute atomic E-state index is 0.0586. The van der Waals surface area contributed by atoms with Crippen LogP contribution in [0.2, 0.25) is 5.15 Å². The molecule has 4 N–H and O–H groups in total. The normalized spacial score (nSPS) is 14.7. The summed E-state index contributed by atoms with van der Waals surface area (Å²) in [6.45, 7) is 3.97. The summed E-state index contributed by atoms with van der Waals surface area (Å²) in [4.78, 5) is 7.73. The summed E-state index contributed by atoms with van der Waals surface area (Å²) in [6.07, 6.45) is 1.34. The van der Waals surface area contributed by atoms with Crippen molar-refractivity contribution >= 4 is 23.1 Å². The quantitative estimate of drug-likeness (QED) is 0.676. The predicted octanol–water partition coefficient (Wildman–Crippen LogP) is 1.14. The molecule has 0 bridgehead atoms. The highest BCUT2D eigenvalue weighted by Crippen LogP contribution is 2.23. The molecule has 0 spiro atoms. The van der Waals surface area contributed by atoms with Gasteiger partial charge in [-0.15, -0.1) is 0 Å². The summed E-state index contributed by atoms with van der Waals surface area (Å²) < 4.78 is 0. The average Bonchev–Trinajstić information content (AvgIpc) is 2.23. The van der Waals surface area contributed by atoms with Crippen molar-refractivity contribution in [3.05, 3.63) is 11.5 Å². The van der Waals surface area contributed by atoms with Gasteiger partial charge in [0.25, 0.3) is 0 Å². The number of rotatable bonds is 4. The fourth-order valence-corrected chi connectivity index (χ4v) is 1.14. The van der Waals surface area contributed by atoms with Gasteiger partial charge in [0.1, 0.15) is 12.0 Å². The lowest BCUT2D eigenvalue weighted by Crippen LogP contribution is -2.27. The molecule has 15 heavy (non-hydrogen) atoms. The lowest BCUT2D eigenvalue weighted by molar-refractivity contribution is 0.226. The Morgan fingerprint density at radius 1 is 1.53 bits per heavy atom. The number of hydrogen-bond acceptors (Lipinski definition) is 5. The molecule has 1 heterocycles. The Labute approximate surface area is 93.7 Å². The van der Waals surface area contributed by atoms with Gasteiger partial charge in [-0.3, -0.25) is 0 Å². The second-order valence-electron chi connectivity index (χ2n) is 3.52. The largest absolute Gasteiger partial charge is 0.396 e. The Kier molecular flexibility index (Phi) is 4.11. The Morgan fingerprint density at radius 3 is 2.80 bits per heavy atom. The molecule has 0 aliphatic rings. The number of hydrogen-bond donors (Lipinski definition) is 3. The van der Waals surface area contributed by atoms with E-state index in [9.17, 15) is 0 Å². The van der Waals surface area contributed by atoms with Crippen molar-refractivity contribution in [2.24, 2.45) is 5.92 Å². The van der Waals surface area contributed by atoms with Gasteiger partial charge in [-0.05, 0) is 12.8 Å². The summed E-state index contributed by atoms with van der Waals surface area (Å²) in [5.74, 6) is 0.612. The number of halogens is 1. The zero-order valence-corrected chi connectivity index (χ0v) is 9.49. The zero-order valence-electron chi connectivity index (χ0n) is 8.74. The molecule has 0 amide bonds. The maximum absolute atomic E-state index is 8.98. The molecule has 0 aliphatic carbocycles. The zero-order chi connectivity index (χ0) is 11.4. The fraction of sp³-hybridized carbons (Fsp3) is 0.556. The monoisotopic (exact) mass is 230 g/mol. The SMILES string of the molecule is CC(CO)C(C)Nc1ncnc(Cl)c1N. The third-order valence-corrected chi connectivity index (χ3v) is 2.64. The highest BCUT2D eigenvalue weighted by Gasteiger charge is 2.13. The minimum Gasteiger partial charge on any atom is -0.396 e. The Bertz CT molecular complexity index is 334. The second-order valence-corrected chi connectivity index (χ2v) is 3.88. The highest BCUT2D eigenvalue weighted by molar-refractivity contribution is 6.32. The molecule has 5 nitrogen and oxygen atoms in total. The number of aromatic nitrogens is 2. The van der Waals surface area contributed by atoms with Crippen molar-refractivity contribution in [2.75, 3.05) is 17.7 Å². The van der Waals surface area contributed by atoms with Crippen LogP contribution in [0.4, 0.5) is 11.5 Å². The molecule has 0 radical (unpaired) electrons. The lowest BCUT2D eigenvalue weighted by Gasteiger charge is -2.20. The highest BCUT2D eigenvalue weighted by atomic mass is 35.5. The van der Waals surface area contributed by atoms with Crippen LogP contribution in [-0.2, 0) is 0 Å². The van der Waals surface area contributed by atoms with E-state index in [-0.39, 0.29) is 23.7 Å². The lowest BCUT2D eigenvalue weighted by atomic mass is 10.1. The smallest absolute Gasteiger partial charge is 0.157 e. The van der Waals surface area contributed by atoms with Crippen LogP contribution in [0.15, 0.2) is 6.33 Å². The molecule has 1 aromatic heterocycles. The third kappa shape index (κ3) is 2.94. The number of aliphatic hydroxyl groups excluding tert-OH is 1. The van der Waals surface area contributed by atoms with Crippen molar-refractivity contribution in [1.82, 2.24) is 9.97 Å². The van der Waals surface area contributed by atoms with Gasteiger partial charge in [0.15, 0.2) is 11.0 Å². The number of nitrogen functional groups attached to an aromatic ring is 1. The maximum atomic E-state index is 8.98. The number of aliphatic hydroxyl groups is 1. The van der Waals surface area contributed by atoms with Gasteiger partial charge in [-0.1, -0.05) is 18.5 Å². The van der Waals surface area contributed by atoms with Gasteiger partial charge in [0.05, 0.1) is 0 Å². The van der Waals surface area contributed by atoms with Crippen LogP contribution in [0.5, 0.6) is 0 Å².